The van der Waals surface area contributed by atoms with Crippen molar-refractivity contribution in [2.45, 2.75) is 13.0 Å². The molecule has 1 amide bonds. The Morgan fingerprint density at radius 3 is 2.76 bits per heavy atom. The van der Waals surface area contributed by atoms with Crippen molar-refractivity contribution in [3.8, 4) is 0 Å². The summed E-state index contributed by atoms with van der Waals surface area (Å²) in [5.41, 5.74) is 7.68. The van der Waals surface area contributed by atoms with E-state index in [9.17, 15) is 4.79 Å². The Morgan fingerprint density at radius 1 is 1.24 bits per heavy atom. The van der Waals surface area contributed by atoms with E-state index in [4.69, 9.17) is 28.9 Å². The van der Waals surface area contributed by atoms with Crippen LogP contribution in [0.15, 0.2) is 36.5 Å². The second-order valence-electron chi connectivity index (χ2n) is 4.48. The maximum atomic E-state index is 12.0. The van der Waals surface area contributed by atoms with Gasteiger partial charge in [0.15, 0.2) is 0 Å². The topological polar surface area (TPSA) is 68.0 Å². The summed E-state index contributed by atoms with van der Waals surface area (Å²) in [6, 6.07) is 8.67. The Labute approximate surface area is 133 Å². The molecule has 1 aromatic carbocycles. The van der Waals surface area contributed by atoms with Gasteiger partial charge in [-0.2, -0.15) is 0 Å². The maximum absolute atomic E-state index is 12.0. The van der Waals surface area contributed by atoms with Gasteiger partial charge in [-0.3, -0.25) is 9.78 Å². The van der Waals surface area contributed by atoms with E-state index < -0.39 is 0 Å². The van der Waals surface area contributed by atoms with E-state index in [2.05, 4.69) is 10.3 Å². The quantitative estimate of drug-likeness (QED) is 0.889. The molecule has 1 aromatic heterocycles. The molecule has 0 unspecified atom stereocenters. The second-order valence-corrected chi connectivity index (χ2v) is 5.33. The predicted molar refractivity (Wildman–Crippen MR) is 84.6 cm³/mol. The molecular formula is C15H15Cl2N3O. The molecule has 110 valence electrons. The van der Waals surface area contributed by atoms with Gasteiger partial charge < -0.3 is 11.1 Å². The number of hydrogen-bond acceptors (Lipinski definition) is 3. The number of carbonyl (C=O) groups excluding carboxylic acids is 1. The summed E-state index contributed by atoms with van der Waals surface area (Å²) in [7, 11) is 0. The molecular weight excluding hydrogens is 309 g/mol. The Bertz CT molecular complexity index is 647. The fourth-order valence-electron chi connectivity index (χ4n) is 1.87. The minimum absolute atomic E-state index is 0.155. The fraction of sp³-hybridized carbons (Fsp3) is 0.200. The van der Waals surface area contributed by atoms with Crippen LogP contribution in [0.2, 0.25) is 10.0 Å². The Morgan fingerprint density at radius 2 is 2.05 bits per heavy atom. The lowest BCUT2D eigenvalue weighted by Gasteiger charge is -2.07. The van der Waals surface area contributed by atoms with Crippen molar-refractivity contribution >= 4 is 29.1 Å². The molecule has 0 saturated carbocycles. The van der Waals surface area contributed by atoms with Gasteiger partial charge in [0.05, 0.1) is 5.69 Å². The molecule has 21 heavy (non-hydrogen) atoms. The number of amides is 1. The van der Waals surface area contributed by atoms with Crippen LogP contribution in [0.3, 0.4) is 0 Å². The van der Waals surface area contributed by atoms with Gasteiger partial charge in [-0.15, -0.1) is 0 Å². The second kappa shape index (κ2) is 7.41. The number of nitrogens with two attached hydrogens (primary N) is 1. The summed E-state index contributed by atoms with van der Waals surface area (Å²) in [5, 5.41) is 4.04. The Balaban J connectivity index is 1.92. The zero-order valence-electron chi connectivity index (χ0n) is 11.3. The van der Waals surface area contributed by atoms with Crippen LogP contribution in [0.5, 0.6) is 0 Å². The lowest BCUT2D eigenvalue weighted by atomic mass is 10.1. The van der Waals surface area contributed by atoms with E-state index in [0.29, 0.717) is 40.8 Å². The molecule has 1 heterocycles. The highest BCUT2D eigenvalue weighted by Gasteiger charge is 2.07. The van der Waals surface area contributed by atoms with Gasteiger partial charge in [0.25, 0.3) is 5.91 Å². The Kier molecular flexibility index (Phi) is 5.56. The third kappa shape index (κ3) is 4.43. The normalized spacial score (nSPS) is 10.4. The van der Waals surface area contributed by atoms with Crippen molar-refractivity contribution in [3.05, 3.63) is 63.4 Å². The number of benzene rings is 1. The zero-order chi connectivity index (χ0) is 15.2. The molecule has 0 aliphatic carbocycles. The first-order chi connectivity index (χ1) is 10.1. The number of nitrogens with one attached hydrogen (secondary N) is 1. The van der Waals surface area contributed by atoms with Gasteiger partial charge in [0.1, 0.15) is 0 Å². The summed E-state index contributed by atoms with van der Waals surface area (Å²) < 4.78 is 0. The molecule has 0 saturated heterocycles. The zero-order valence-corrected chi connectivity index (χ0v) is 12.8. The Hall–Kier alpha value is -1.62. The van der Waals surface area contributed by atoms with Gasteiger partial charge in [-0.25, -0.2) is 0 Å². The van der Waals surface area contributed by atoms with Crippen molar-refractivity contribution in [2.75, 3.05) is 6.54 Å². The first kappa shape index (κ1) is 15.8. The van der Waals surface area contributed by atoms with Crippen molar-refractivity contribution in [1.29, 1.82) is 0 Å². The molecule has 2 aromatic rings. The van der Waals surface area contributed by atoms with E-state index in [1.807, 2.05) is 6.07 Å². The van der Waals surface area contributed by atoms with Crippen LogP contribution >= 0.6 is 23.2 Å². The highest BCUT2D eigenvalue weighted by Crippen LogP contribution is 2.21. The minimum Gasteiger partial charge on any atom is -0.352 e. The molecule has 3 N–H and O–H groups in total. The van der Waals surface area contributed by atoms with Crippen LogP contribution in [0.4, 0.5) is 0 Å². The summed E-state index contributed by atoms with van der Waals surface area (Å²) in [6.07, 6.45) is 2.21. The number of halogens is 2. The van der Waals surface area contributed by atoms with Crippen LogP contribution in [-0.2, 0) is 13.0 Å². The minimum atomic E-state index is -0.155. The fourth-order valence-corrected chi connectivity index (χ4v) is 2.37. The molecule has 4 nitrogen and oxygen atoms in total. The number of aromatic nitrogens is 1. The highest BCUT2D eigenvalue weighted by molar-refractivity contribution is 6.35. The monoisotopic (exact) mass is 323 g/mol. The standard InChI is InChI=1S/C15H15Cl2N3O/c16-12-2-1-10(14(17)8-12)3-6-20-15(21)11-4-5-19-13(7-11)9-18/h1-2,4-5,7-8H,3,6,9,18H2,(H,20,21). The van der Waals surface area contributed by atoms with Crippen LogP contribution < -0.4 is 11.1 Å². The van der Waals surface area contributed by atoms with Crippen molar-refractivity contribution < 1.29 is 4.79 Å². The molecule has 6 heteroatoms. The molecule has 0 radical (unpaired) electrons. The first-order valence-corrected chi connectivity index (χ1v) is 7.23. The number of nitrogens with zero attached hydrogens (tertiary/aromatic N) is 1. The average Bonchev–Trinajstić information content (AvgIpc) is 2.49. The van der Waals surface area contributed by atoms with Crippen LogP contribution in [0, 0.1) is 0 Å². The predicted octanol–water partition coefficient (Wildman–Crippen LogP) is 2.82. The number of carbonyl (C=O) groups is 1. The van der Waals surface area contributed by atoms with Crippen molar-refractivity contribution in [2.24, 2.45) is 5.73 Å². The summed E-state index contributed by atoms with van der Waals surface area (Å²) in [5.74, 6) is -0.155. The highest BCUT2D eigenvalue weighted by atomic mass is 35.5. The smallest absolute Gasteiger partial charge is 0.251 e. The van der Waals surface area contributed by atoms with E-state index >= 15 is 0 Å². The SMILES string of the molecule is NCc1cc(C(=O)NCCc2ccc(Cl)cc2Cl)ccn1. The summed E-state index contributed by atoms with van der Waals surface area (Å²) in [4.78, 5) is 16.1. The van der Waals surface area contributed by atoms with Gasteiger partial charge in [0, 0.05) is 34.9 Å². The van der Waals surface area contributed by atoms with Gasteiger partial charge in [-0.05, 0) is 36.2 Å². The van der Waals surface area contributed by atoms with Crippen molar-refractivity contribution in [3.63, 3.8) is 0 Å². The lowest BCUT2D eigenvalue weighted by molar-refractivity contribution is 0.0954. The molecule has 0 spiro atoms. The molecule has 0 aliphatic heterocycles. The van der Waals surface area contributed by atoms with Gasteiger partial charge in [0.2, 0.25) is 0 Å². The number of rotatable bonds is 5. The number of pyridine rings is 1. The van der Waals surface area contributed by atoms with E-state index in [0.717, 1.165) is 5.56 Å². The maximum Gasteiger partial charge on any atom is 0.251 e. The van der Waals surface area contributed by atoms with Gasteiger partial charge >= 0.3 is 0 Å². The van der Waals surface area contributed by atoms with Crippen LogP contribution in [0.1, 0.15) is 21.6 Å². The third-order valence-electron chi connectivity index (χ3n) is 2.98. The number of hydrogen-bond donors (Lipinski definition) is 2. The summed E-state index contributed by atoms with van der Waals surface area (Å²) in [6.45, 7) is 0.794. The average molecular weight is 324 g/mol. The molecule has 0 bridgehead atoms. The summed E-state index contributed by atoms with van der Waals surface area (Å²) >= 11 is 11.9. The van der Waals surface area contributed by atoms with Crippen LogP contribution in [-0.4, -0.2) is 17.4 Å². The van der Waals surface area contributed by atoms with E-state index in [-0.39, 0.29) is 5.91 Å². The third-order valence-corrected chi connectivity index (χ3v) is 3.57. The molecule has 0 fully saturated rings. The van der Waals surface area contributed by atoms with E-state index in [1.165, 1.54) is 0 Å². The largest absolute Gasteiger partial charge is 0.352 e. The van der Waals surface area contributed by atoms with E-state index in [1.54, 1.807) is 30.5 Å². The molecule has 0 atom stereocenters. The lowest BCUT2D eigenvalue weighted by Crippen LogP contribution is -2.26. The molecule has 2 rings (SSSR count). The first-order valence-electron chi connectivity index (χ1n) is 6.47. The van der Waals surface area contributed by atoms with Crippen LogP contribution in [0.25, 0.3) is 0 Å². The van der Waals surface area contributed by atoms with Gasteiger partial charge in [-0.1, -0.05) is 29.3 Å². The molecule has 0 aliphatic rings. The van der Waals surface area contributed by atoms with Crippen molar-refractivity contribution in [1.82, 2.24) is 10.3 Å².